The van der Waals surface area contributed by atoms with Gasteiger partial charge in [-0.05, 0) is 54.5 Å². The van der Waals surface area contributed by atoms with Gasteiger partial charge in [-0.15, -0.1) is 0 Å². The standard InChI is InChI=1S/C30H30FN5O2S/c31-25-26(23-17-21(37)16-20-6-1-2-7-22(20)23)32-18-24-27(25)33-29(34-28(24)35-10-5-14-39-15-13-35)38-19-30-8-3-11-36(30)12-4-9-30/h1-3,6-8,16-18,37H,4-5,9-15,19H2. The summed E-state index contributed by atoms with van der Waals surface area (Å²) in [5, 5.41) is 12.6. The van der Waals surface area contributed by atoms with E-state index in [1.807, 2.05) is 36.0 Å². The number of phenolic OH excluding ortho intramolecular Hbond substituents is 1. The maximum absolute atomic E-state index is 16.4. The Labute approximate surface area is 230 Å². The number of pyridine rings is 1. The molecule has 200 valence electrons. The number of aromatic hydroxyl groups is 1. The van der Waals surface area contributed by atoms with Gasteiger partial charge in [-0.2, -0.15) is 21.7 Å². The molecule has 0 amide bonds. The lowest BCUT2D eigenvalue weighted by Gasteiger charge is -2.30. The Morgan fingerprint density at radius 3 is 2.92 bits per heavy atom. The molecule has 0 radical (unpaired) electrons. The predicted molar refractivity (Wildman–Crippen MR) is 154 cm³/mol. The van der Waals surface area contributed by atoms with Crippen molar-refractivity contribution in [2.75, 3.05) is 49.2 Å². The van der Waals surface area contributed by atoms with Gasteiger partial charge >= 0.3 is 6.01 Å². The quantitative estimate of drug-likeness (QED) is 0.335. The fourth-order valence-electron chi connectivity index (χ4n) is 6.18. The number of hydrogen-bond acceptors (Lipinski definition) is 8. The summed E-state index contributed by atoms with van der Waals surface area (Å²) in [6.45, 7) is 4.06. The van der Waals surface area contributed by atoms with Crippen LogP contribution in [0.3, 0.4) is 0 Å². The Morgan fingerprint density at radius 1 is 1.05 bits per heavy atom. The molecule has 2 aromatic carbocycles. The summed E-state index contributed by atoms with van der Waals surface area (Å²) < 4.78 is 22.7. The van der Waals surface area contributed by atoms with Crippen molar-refractivity contribution in [3.63, 3.8) is 0 Å². The van der Waals surface area contributed by atoms with Crippen LogP contribution in [-0.2, 0) is 0 Å². The minimum Gasteiger partial charge on any atom is -0.508 e. The average Bonchev–Trinajstić information content (AvgIpc) is 3.41. The highest BCUT2D eigenvalue weighted by molar-refractivity contribution is 7.99. The molecule has 3 aliphatic rings. The Morgan fingerprint density at radius 2 is 1.97 bits per heavy atom. The van der Waals surface area contributed by atoms with Crippen molar-refractivity contribution in [1.29, 1.82) is 0 Å². The molecule has 2 saturated heterocycles. The summed E-state index contributed by atoms with van der Waals surface area (Å²) >= 11 is 1.92. The van der Waals surface area contributed by atoms with Crippen molar-refractivity contribution < 1.29 is 14.2 Å². The highest BCUT2D eigenvalue weighted by Crippen LogP contribution is 2.38. The fraction of sp³-hybridized carbons (Fsp3) is 0.367. The van der Waals surface area contributed by atoms with E-state index in [0.717, 1.165) is 67.7 Å². The molecule has 9 heteroatoms. The second-order valence-electron chi connectivity index (χ2n) is 10.5. The summed E-state index contributed by atoms with van der Waals surface area (Å²) in [4.78, 5) is 18.7. The number of thioether (sulfide) groups is 1. The smallest absolute Gasteiger partial charge is 0.319 e. The monoisotopic (exact) mass is 543 g/mol. The van der Waals surface area contributed by atoms with E-state index < -0.39 is 5.82 Å². The van der Waals surface area contributed by atoms with Crippen molar-refractivity contribution in [1.82, 2.24) is 19.9 Å². The highest BCUT2D eigenvalue weighted by Gasteiger charge is 2.42. The molecule has 1 atom stereocenters. The van der Waals surface area contributed by atoms with Gasteiger partial charge in [-0.3, -0.25) is 9.88 Å². The number of nitrogens with zero attached hydrogens (tertiary/aromatic N) is 5. The molecule has 0 aliphatic carbocycles. The number of halogens is 1. The van der Waals surface area contributed by atoms with Crippen LogP contribution in [0.5, 0.6) is 11.8 Å². The van der Waals surface area contributed by atoms with Crippen molar-refractivity contribution in [3.05, 3.63) is 60.6 Å². The molecule has 1 N–H and O–H groups in total. The third kappa shape index (κ3) is 4.37. The summed E-state index contributed by atoms with van der Waals surface area (Å²) in [6.07, 6.45) is 9.29. The number of aromatic nitrogens is 3. The highest BCUT2D eigenvalue weighted by atomic mass is 32.2. The zero-order valence-corrected chi connectivity index (χ0v) is 22.5. The molecular formula is C30H30FN5O2S. The van der Waals surface area contributed by atoms with E-state index in [4.69, 9.17) is 9.72 Å². The van der Waals surface area contributed by atoms with Crippen molar-refractivity contribution in [2.45, 2.75) is 24.8 Å². The van der Waals surface area contributed by atoms with Crippen molar-refractivity contribution >= 4 is 39.3 Å². The van der Waals surface area contributed by atoms with Crippen LogP contribution >= 0.6 is 11.8 Å². The van der Waals surface area contributed by atoms with Gasteiger partial charge in [-0.1, -0.05) is 36.4 Å². The summed E-state index contributed by atoms with van der Waals surface area (Å²) in [5.41, 5.74) is 0.721. The lowest BCUT2D eigenvalue weighted by molar-refractivity contribution is 0.132. The zero-order valence-electron chi connectivity index (χ0n) is 21.6. The molecule has 0 spiro atoms. The lowest BCUT2D eigenvalue weighted by atomic mass is 9.99. The van der Waals surface area contributed by atoms with Crippen LogP contribution in [0.4, 0.5) is 10.2 Å². The summed E-state index contributed by atoms with van der Waals surface area (Å²) in [5.74, 6) is 2.26. The Hall–Kier alpha value is -3.43. The third-order valence-corrected chi connectivity index (χ3v) is 9.19. The molecule has 7 nitrogen and oxygen atoms in total. The Balaban J connectivity index is 1.36. The molecule has 7 rings (SSSR count). The third-order valence-electron chi connectivity index (χ3n) is 8.14. The molecule has 0 saturated carbocycles. The van der Waals surface area contributed by atoms with Crippen LogP contribution in [0.15, 0.2) is 54.7 Å². The number of benzene rings is 2. The van der Waals surface area contributed by atoms with Gasteiger partial charge in [-0.25, -0.2) is 4.39 Å². The molecule has 5 heterocycles. The Bertz CT molecular complexity index is 1590. The van der Waals surface area contributed by atoms with E-state index in [1.165, 1.54) is 0 Å². The minimum absolute atomic E-state index is 0.0597. The first kappa shape index (κ1) is 24.6. The first-order valence-corrected chi connectivity index (χ1v) is 14.7. The topological polar surface area (TPSA) is 74.6 Å². The summed E-state index contributed by atoms with van der Waals surface area (Å²) in [6, 6.07) is 11.0. The van der Waals surface area contributed by atoms with Crippen LogP contribution in [0.2, 0.25) is 0 Å². The maximum Gasteiger partial charge on any atom is 0.319 e. The molecular weight excluding hydrogens is 513 g/mol. The van der Waals surface area contributed by atoms with Gasteiger partial charge < -0.3 is 14.7 Å². The zero-order chi connectivity index (χ0) is 26.4. The van der Waals surface area contributed by atoms with Gasteiger partial charge in [0.1, 0.15) is 29.4 Å². The van der Waals surface area contributed by atoms with E-state index in [0.29, 0.717) is 23.4 Å². The van der Waals surface area contributed by atoms with Gasteiger partial charge in [0.2, 0.25) is 0 Å². The van der Waals surface area contributed by atoms with Crippen molar-refractivity contribution in [3.8, 4) is 23.0 Å². The minimum atomic E-state index is -0.539. The molecule has 4 aromatic rings. The van der Waals surface area contributed by atoms with Gasteiger partial charge in [0, 0.05) is 37.1 Å². The number of ether oxygens (including phenoxy) is 1. The molecule has 2 fully saturated rings. The Kier molecular flexibility index (Phi) is 6.28. The average molecular weight is 544 g/mol. The number of hydrogen-bond donors (Lipinski definition) is 1. The van der Waals surface area contributed by atoms with Crippen molar-refractivity contribution in [2.24, 2.45) is 0 Å². The van der Waals surface area contributed by atoms with E-state index in [1.54, 1.807) is 18.3 Å². The van der Waals surface area contributed by atoms with E-state index >= 15 is 4.39 Å². The van der Waals surface area contributed by atoms with Crippen LogP contribution in [-0.4, -0.2) is 74.8 Å². The number of phenols is 1. The second-order valence-corrected chi connectivity index (χ2v) is 11.7. The number of anilines is 1. The SMILES string of the molecule is Oc1cc(-c2ncc3c(N4CCCSCC4)nc(OCC45C=CCN4CCC5)nc3c2F)c2ccccc2c1. The first-order valence-electron chi connectivity index (χ1n) is 13.6. The van der Waals surface area contributed by atoms with Gasteiger partial charge in [0.05, 0.1) is 10.9 Å². The number of rotatable bonds is 5. The molecule has 3 aliphatic heterocycles. The second kappa shape index (κ2) is 9.95. The number of fused-ring (bicyclic) bond motifs is 3. The predicted octanol–water partition coefficient (Wildman–Crippen LogP) is 5.42. The largest absolute Gasteiger partial charge is 0.508 e. The van der Waals surface area contributed by atoms with Gasteiger partial charge in [0.25, 0.3) is 0 Å². The van der Waals surface area contributed by atoms with E-state index in [-0.39, 0.29) is 28.5 Å². The van der Waals surface area contributed by atoms with Gasteiger partial charge in [0.15, 0.2) is 5.82 Å². The van der Waals surface area contributed by atoms with Crippen LogP contribution < -0.4 is 9.64 Å². The molecule has 0 bridgehead atoms. The first-order chi connectivity index (χ1) is 19.1. The molecule has 39 heavy (non-hydrogen) atoms. The molecule has 1 unspecified atom stereocenters. The van der Waals surface area contributed by atoms with E-state index in [2.05, 4.69) is 31.9 Å². The van der Waals surface area contributed by atoms with Crippen LogP contribution in [0.25, 0.3) is 32.9 Å². The van der Waals surface area contributed by atoms with Crippen LogP contribution in [0.1, 0.15) is 19.3 Å². The lowest BCUT2D eigenvalue weighted by Crippen LogP contribution is -2.43. The van der Waals surface area contributed by atoms with E-state index in [9.17, 15) is 5.11 Å². The fourth-order valence-corrected chi connectivity index (χ4v) is 7.07. The van der Waals surface area contributed by atoms with Crippen LogP contribution in [0, 0.1) is 5.82 Å². The summed E-state index contributed by atoms with van der Waals surface area (Å²) in [7, 11) is 0. The normalized spacial score (nSPS) is 21.5. The maximum atomic E-state index is 16.4. The molecule has 2 aromatic heterocycles.